The summed E-state index contributed by atoms with van der Waals surface area (Å²) < 4.78 is 7.36. The molecule has 1 rings (SSSR count). The van der Waals surface area contributed by atoms with Crippen molar-refractivity contribution >= 4 is 0 Å². The van der Waals surface area contributed by atoms with Crippen molar-refractivity contribution in [2.24, 2.45) is 11.7 Å². The Balaban J connectivity index is 2.78. The molecule has 17 heavy (non-hydrogen) atoms. The molecule has 0 radical (unpaired) electrons. The molecule has 0 saturated heterocycles. The molecule has 0 fully saturated rings. The van der Waals surface area contributed by atoms with Crippen LogP contribution in [-0.4, -0.2) is 49.0 Å². The summed E-state index contributed by atoms with van der Waals surface area (Å²) in [7, 11) is 5.80. The molecule has 0 aliphatic rings. The summed E-state index contributed by atoms with van der Waals surface area (Å²) >= 11 is 0. The van der Waals surface area contributed by atoms with E-state index in [1.54, 1.807) is 13.3 Å². The molecule has 0 saturated carbocycles. The number of aromatic nitrogens is 2. The average molecular weight is 240 g/mol. The zero-order chi connectivity index (χ0) is 12.8. The highest BCUT2D eigenvalue weighted by Gasteiger charge is 2.14. The van der Waals surface area contributed by atoms with Gasteiger partial charge in [0.05, 0.1) is 25.5 Å². The summed E-state index contributed by atoms with van der Waals surface area (Å²) in [6.07, 6.45) is 2.70. The Kier molecular flexibility index (Phi) is 5.44. The summed E-state index contributed by atoms with van der Waals surface area (Å²) in [4.78, 5) is 2.14. The van der Waals surface area contributed by atoms with E-state index in [1.165, 1.54) is 0 Å². The van der Waals surface area contributed by atoms with E-state index in [2.05, 4.69) is 31.0 Å². The molecule has 0 spiro atoms. The Hall–Kier alpha value is -1.07. The number of hydrogen-bond donors (Lipinski definition) is 1. The third-order valence-corrected chi connectivity index (χ3v) is 2.83. The van der Waals surface area contributed by atoms with Crippen LogP contribution in [0.4, 0.5) is 0 Å². The van der Waals surface area contributed by atoms with Crippen molar-refractivity contribution in [3.8, 4) is 5.75 Å². The van der Waals surface area contributed by atoms with Crippen LogP contribution in [0.2, 0.25) is 0 Å². The molecule has 1 unspecified atom stereocenters. The Bertz CT molecular complexity index is 335. The Morgan fingerprint density at radius 1 is 1.53 bits per heavy atom. The highest BCUT2D eigenvalue weighted by Crippen LogP contribution is 2.20. The lowest BCUT2D eigenvalue weighted by Crippen LogP contribution is -2.22. The van der Waals surface area contributed by atoms with Crippen molar-refractivity contribution in [2.75, 3.05) is 34.3 Å². The fourth-order valence-corrected chi connectivity index (χ4v) is 1.67. The molecular formula is C12H24N4O. The van der Waals surface area contributed by atoms with E-state index in [0.717, 1.165) is 31.0 Å². The van der Waals surface area contributed by atoms with Crippen LogP contribution in [0.5, 0.6) is 5.75 Å². The fourth-order valence-electron chi connectivity index (χ4n) is 1.67. The van der Waals surface area contributed by atoms with E-state index in [0.29, 0.717) is 12.5 Å². The standard InChI is InChI=1S/C12H24N4O/c1-10(8-13)7-11-12(17-4)9-14-16(11)6-5-15(2)3/h9-10H,5-8,13H2,1-4H3. The topological polar surface area (TPSA) is 56.3 Å². The quantitative estimate of drug-likeness (QED) is 0.758. The van der Waals surface area contributed by atoms with E-state index < -0.39 is 0 Å². The third kappa shape index (κ3) is 4.02. The van der Waals surface area contributed by atoms with Gasteiger partial charge in [-0.25, -0.2) is 0 Å². The van der Waals surface area contributed by atoms with Gasteiger partial charge in [-0.1, -0.05) is 6.92 Å². The van der Waals surface area contributed by atoms with Crippen molar-refractivity contribution in [1.82, 2.24) is 14.7 Å². The molecule has 1 aromatic rings. The van der Waals surface area contributed by atoms with Crippen LogP contribution < -0.4 is 10.5 Å². The molecule has 2 N–H and O–H groups in total. The van der Waals surface area contributed by atoms with Gasteiger partial charge in [0.1, 0.15) is 0 Å². The first-order valence-corrected chi connectivity index (χ1v) is 6.02. The summed E-state index contributed by atoms with van der Waals surface area (Å²) in [6.45, 7) is 4.67. The van der Waals surface area contributed by atoms with Gasteiger partial charge in [-0.2, -0.15) is 5.10 Å². The SMILES string of the molecule is COc1cnn(CCN(C)C)c1CC(C)CN. The minimum atomic E-state index is 0.443. The number of hydrogen-bond acceptors (Lipinski definition) is 4. The normalized spacial score (nSPS) is 13.1. The van der Waals surface area contributed by atoms with Crippen LogP contribution in [-0.2, 0) is 13.0 Å². The van der Waals surface area contributed by atoms with E-state index >= 15 is 0 Å². The highest BCUT2D eigenvalue weighted by atomic mass is 16.5. The predicted octanol–water partition coefficient (Wildman–Crippen LogP) is 0.591. The maximum atomic E-state index is 5.67. The monoisotopic (exact) mass is 240 g/mol. The molecule has 5 nitrogen and oxygen atoms in total. The third-order valence-electron chi connectivity index (χ3n) is 2.83. The molecule has 1 heterocycles. The summed E-state index contributed by atoms with van der Waals surface area (Å²) in [5.41, 5.74) is 6.82. The molecule has 1 aromatic heterocycles. The molecule has 1 atom stereocenters. The van der Waals surface area contributed by atoms with Gasteiger partial charge < -0.3 is 15.4 Å². The number of nitrogens with zero attached hydrogens (tertiary/aromatic N) is 3. The summed E-state index contributed by atoms with van der Waals surface area (Å²) in [6, 6.07) is 0. The minimum absolute atomic E-state index is 0.443. The van der Waals surface area contributed by atoms with Crippen molar-refractivity contribution in [3.05, 3.63) is 11.9 Å². The van der Waals surface area contributed by atoms with Crippen LogP contribution >= 0.6 is 0 Å². The molecule has 0 aromatic carbocycles. The van der Waals surface area contributed by atoms with Gasteiger partial charge in [-0.15, -0.1) is 0 Å². The second-order valence-electron chi connectivity index (χ2n) is 4.73. The van der Waals surface area contributed by atoms with Gasteiger partial charge >= 0.3 is 0 Å². The fraction of sp³-hybridized carbons (Fsp3) is 0.750. The van der Waals surface area contributed by atoms with Gasteiger partial charge in [-0.3, -0.25) is 4.68 Å². The smallest absolute Gasteiger partial charge is 0.159 e. The minimum Gasteiger partial charge on any atom is -0.493 e. The number of nitrogens with two attached hydrogens (primary N) is 1. The van der Waals surface area contributed by atoms with E-state index in [9.17, 15) is 0 Å². The largest absolute Gasteiger partial charge is 0.493 e. The van der Waals surface area contributed by atoms with Crippen LogP contribution in [0.15, 0.2) is 6.20 Å². The maximum absolute atomic E-state index is 5.67. The zero-order valence-corrected chi connectivity index (χ0v) is 11.3. The van der Waals surface area contributed by atoms with Gasteiger partial charge in [0.2, 0.25) is 0 Å². The van der Waals surface area contributed by atoms with Gasteiger partial charge in [0, 0.05) is 6.54 Å². The average Bonchev–Trinajstić information content (AvgIpc) is 2.68. The number of likely N-dealkylation sites (N-methyl/N-ethyl adjacent to an activating group) is 1. The first-order valence-electron chi connectivity index (χ1n) is 6.02. The molecule has 0 amide bonds. The van der Waals surface area contributed by atoms with Crippen LogP contribution in [0, 0.1) is 5.92 Å². The summed E-state index contributed by atoms with van der Waals surface area (Å²) in [5, 5.41) is 4.37. The van der Waals surface area contributed by atoms with Crippen molar-refractivity contribution < 1.29 is 4.74 Å². The van der Waals surface area contributed by atoms with Crippen LogP contribution in [0.1, 0.15) is 12.6 Å². The van der Waals surface area contributed by atoms with Crippen LogP contribution in [0.25, 0.3) is 0 Å². The number of methoxy groups -OCH3 is 1. The Morgan fingerprint density at radius 3 is 2.76 bits per heavy atom. The molecule has 98 valence electrons. The molecule has 0 bridgehead atoms. The van der Waals surface area contributed by atoms with Crippen molar-refractivity contribution in [1.29, 1.82) is 0 Å². The second kappa shape index (κ2) is 6.61. The zero-order valence-electron chi connectivity index (χ0n) is 11.3. The lowest BCUT2D eigenvalue weighted by molar-refractivity contribution is 0.362. The molecule has 0 aliphatic heterocycles. The lowest BCUT2D eigenvalue weighted by Gasteiger charge is -2.14. The van der Waals surface area contributed by atoms with Gasteiger partial charge in [0.15, 0.2) is 5.75 Å². The van der Waals surface area contributed by atoms with Gasteiger partial charge in [-0.05, 0) is 33.0 Å². The molecule has 0 aliphatic carbocycles. The van der Waals surface area contributed by atoms with E-state index in [4.69, 9.17) is 10.5 Å². The number of ether oxygens (including phenoxy) is 1. The predicted molar refractivity (Wildman–Crippen MR) is 69.3 cm³/mol. The Morgan fingerprint density at radius 2 is 2.24 bits per heavy atom. The lowest BCUT2D eigenvalue weighted by atomic mass is 10.1. The number of rotatable bonds is 7. The van der Waals surface area contributed by atoms with Crippen LogP contribution in [0.3, 0.4) is 0 Å². The first kappa shape index (κ1) is 14.0. The Labute approximate surface area is 104 Å². The second-order valence-corrected chi connectivity index (χ2v) is 4.73. The summed E-state index contributed by atoms with van der Waals surface area (Å²) in [5.74, 6) is 1.31. The van der Waals surface area contributed by atoms with Crippen molar-refractivity contribution in [2.45, 2.75) is 19.9 Å². The maximum Gasteiger partial charge on any atom is 0.159 e. The van der Waals surface area contributed by atoms with E-state index in [1.807, 2.05) is 4.68 Å². The van der Waals surface area contributed by atoms with Crippen molar-refractivity contribution in [3.63, 3.8) is 0 Å². The first-order chi connectivity index (χ1) is 8.08. The van der Waals surface area contributed by atoms with Gasteiger partial charge in [0.25, 0.3) is 0 Å². The van der Waals surface area contributed by atoms with E-state index in [-0.39, 0.29) is 0 Å². The molecular weight excluding hydrogens is 216 g/mol. The molecule has 5 heteroatoms. The highest BCUT2D eigenvalue weighted by molar-refractivity contribution is 5.25.